The lowest BCUT2D eigenvalue weighted by Crippen LogP contribution is -2.39. The molecule has 0 heterocycles. The summed E-state index contributed by atoms with van der Waals surface area (Å²) < 4.78 is 26.2. The molecule has 1 aliphatic rings. The maximum absolute atomic E-state index is 12.5. The Labute approximate surface area is 124 Å². The summed E-state index contributed by atoms with van der Waals surface area (Å²) in [4.78, 5) is 0.0961. The fourth-order valence-corrected chi connectivity index (χ4v) is 4.14. The normalized spacial score (nSPS) is 22.9. The molecule has 0 aromatic heterocycles. The number of nitrogens with zero attached hydrogens (tertiary/aromatic N) is 1. The van der Waals surface area contributed by atoms with Gasteiger partial charge in [0.05, 0.1) is 11.1 Å². The van der Waals surface area contributed by atoms with E-state index >= 15 is 0 Å². The van der Waals surface area contributed by atoms with Crippen LogP contribution in [0.2, 0.25) is 5.02 Å². The van der Waals surface area contributed by atoms with E-state index in [4.69, 9.17) is 17.3 Å². The third-order valence-electron chi connectivity index (χ3n) is 3.65. The van der Waals surface area contributed by atoms with Crippen LogP contribution < -0.4 is 5.73 Å². The summed E-state index contributed by atoms with van der Waals surface area (Å²) in [6.07, 6.45) is 1.02. The molecule has 0 spiro atoms. The predicted octanol–water partition coefficient (Wildman–Crippen LogP) is 1.19. The summed E-state index contributed by atoms with van der Waals surface area (Å²) in [6.45, 7) is 0.713. The van der Waals surface area contributed by atoms with E-state index < -0.39 is 10.0 Å². The Hall–Kier alpha value is -0.660. The van der Waals surface area contributed by atoms with Gasteiger partial charge in [0.15, 0.2) is 0 Å². The largest absolute Gasteiger partial charge is 0.393 e. The Balaban J connectivity index is 2.16. The van der Waals surface area contributed by atoms with Crippen LogP contribution in [0.25, 0.3) is 0 Å². The minimum absolute atomic E-state index is 0.0961. The van der Waals surface area contributed by atoms with Crippen molar-refractivity contribution >= 4 is 21.6 Å². The number of halogens is 1. The van der Waals surface area contributed by atoms with E-state index in [1.54, 1.807) is 12.1 Å². The summed E-state index contributed by atoms with van der Waals surface area (Å²) in [7, 11) is -2.07. The molecule has 0 unspecified atom stereocenters. The minimum Gasteiger partial charge on any atom is -0.393 e. The Kier molecular flexibility index (Phi) is 4.71. The second kappa shape index (κ2) is 5.99. The van der Waals surface area contributed by atoms with Crippen LogP contribution in [-0.2, 0) is 16.6 Å². The van der Waals surface area contributed by atoms with E-state index in [1.807, 2.05) is 0 Å². The summed E-state index contributed by atoms with van der Waals surface area (Å²) in [6, 6.07) is 4.74. The van der Waals surface area contributed by atoms with Gasteiger partial charge in [-0.3, -0.25) is 0 Å². The van der Waals surface area contributed by atoms with Crippen LogP contribution in [0.5, 0.6) is 0 Å². The number of aliphatic hydroxyl groups is 1. The summed E-state index contributed by atoms with van der Waals surface area (Å²) in [5, 5.41) is 9.44. The Morgan fingerprint density at radius 2 is 2.10 bits per heavy atom. The average molecular weight is 319 g/mol. The maximum atomic E-state index is 12.5. The zero-order valence-corrected chi connectivity index (χ0v) is 12.9. The zero-order chi connectivity index (χ0) is 14.9. The van der Waals surface area contributed by atoms with Crippen molar-refractivity contribution in [1.82, 2.24) is 4.31 Å². The lowest BCUT2D eigenvalue weighted by Gasteiger charge is -2.34. The highest BCUT2D eigenvalue weighted by Crippen LogP contribution is 2.30. The van der Waals surface area contributed by atoms with Crippen molar-refractivity contribution in [3.63, 3.8) is 0 Å². The highest BCUT2D eigenvalue weighted by molar-refractivity contribution is 7.89. The summed E-state index contributed by atoms with van der Waals surface area (Å²) >= 11 is 6.04. The Morgan fingerprint density at radius 1 is 1.45 bits per heavy atom. The molecule has 112 valence electrons. The predicted molar refractivity (Wildman–Crippen MR) is 77.9 cm³/mol. The smallest absolute Gasteiger partial charge is 0.244 e. The molecular weight excluding hydrogens is 300 g/mol. The van der Waals surface area contributed by atoms with Crippen LogP contribution >= 0.6 is 11.6 Å². The number of sulfonamides is 1. The van der Waals surface area contributed by atoms with Crippen molar-refractivity contribution in [2.45, 2.75) is 30.4 Å². The number of rotatable bonds is 5. The van der Waals surface area contributed by atoms with Crippen LogP contribution in [0, 0.1) is 5.92 Å². The van der Waals surface area contributed by atoms with Gasteiger partial charge in [-0.2, -0.15) is 0 Å². The first-order chi connectivity index (χ1) is 9.34. The molecule has 0 saturated heterocycles. The maximum Gasteiger partial charge on any atom is 0.244 e. The fraction of sp³-hybridized carbons (Fsp3) is 0.538. The lowest BCUT2D eigenvalue weighted by molar-refractivity contribution is 0.0367. The molecule has 1 fully saturated rings. The van der Waals surface area contributed by atoms with Crippen LogP contribution in [0.3, 0.4) is 0 Å². The van der Waals surface area contributed by atoms with Crippen molar-refractivity contribution in [2.75, 3.05) is 13.6 Å². The molecule has 1 aromatic carbocycles. The van der Waals surface area contributed by atoms with Gasteiger partial charge in [0.2, 0.25) is 10.0 Å². The highest BCUT2D eigenvalue weighted by atomic mass is 35.5. The van der Waals surface area contributed by atoms with Crippen LogP contribution in [-0.4, -0.2) is 37.5 Å². The molecule has 5 nitrogen and oxygen atoms in total. The second-order valence-electron chi connectivity index (χ2n) is 5.25. The van der Waals surface area contributed by atoms with Crippen molar-refractivity contribution in [2.24, 2.45) is 11.7 Å². The number of nitrogens with two attached hydrogens (primary N) is 1. The molecule has 1 aromatic rings. The SMILES string of the molecule is CN(CC1CC(O)C1)S(=O)(=O)c1ccc(CN)cc1Cl. The molecule has 0 atom stereocenters. The molecule has 7 heteroatoms. The first-order valence-electron chi connectivity index (χ1n) is 6.47. The fourth-order valence-electron chi connectivity index (χ4n) is 2.36. The molecule has 0 radical (unpaired) electrons. The molecule has 1 saturated carbocycles. The minimum atomic E-state index is -3.60. The van der Waals surface area contributed by atoms with Crippen LogP contribution in [0.4, 0.5) is 0 Å². The van der Waals surface area contributed by atoms with Crippen molar-refractivity contribution in [3.05, 3.63) is 28.8 Å². The molecule has 3 N–H and O–H groups in total. The Morgan fingerprint density at radius 3 is 2.60 bits per heavy atom. The molecule has 1 aliphatic carbocycles. The number of benzene rings is 1. The number of hydrogen-bond donors (Lipinski definition) is 2. The van der Waals surface area contributed by atoms with Gasteiger partial charge in [-0.05, 0) is 36.5 Å². The molecular formula is C13H19ClN2O3S. The van der Waals surface area contributed by atoms with Gasteiger partial charge >= 0.3 is 0 Å². The van der Waals surface area contributed by atoms with E-state index in [-0.39, 0.29) is 21.9 Å². The van der Waals surface area contributed by atoms with Crippen molar-refractivity contribution in [3.8, 4) is 0 Å². The zero-order valence-electron chi connectivity index (χ0n) is 11.3. The lowest BCUT2D eigenvalue weighted by atomic mass is 9.82. The van der Waals surface area contributed by atoms with E-state index in [0.29, 0.717) is 25.9 Å². The highest BCUT2D eigenvalue weighted by Gasteiger charge is 2.32. The van der Waals surface area contributed by atoms with Crippen LogP contribution in [0.1, 0.15) is 18.4 Å². The quantitative estimate of drug-likeness (QED) is 0.854. The van der Waals surface area contributed by atoms with E-state index in [1.165, 1.54) is 17.4 Å². The van der Waals surface area contributed by atoms with Crippen molar-refractivity contribution in [1.29, 1.82) is 0 Å². The van der Waals surface area contributed by atoms with Gasteiger partial charge in [0, 0.05) is 20.1 Å². The molecule has 0 amide bonds. The first kappa shape index (κ1) is 15.7. The molecule has 20 heavy (non-hydrogen) atoms. The van der Waals surface area contributed by atoms with Gasteiger partial charge in [0.25, 0.3) is 0 Å². The third-order valence-corrected chi connectivity index (χ3v) is 5.95. The average Bonchev–Trinajstić information content (AvgIpc) is 2.36. The summed E-state index contributed by atoms with van der Waals surface area (Å²) in [5.41, 5.74) is 6.29. The van der Waals surface area contributed by atoms with Crippen LogP contribution in [0.15, 0.2) is 23.1 Å². The van der Waals surface area contributed by atoms with Gasteiger partial charge in [-0.15, -0.1) is 0 Å². The third kappa shape index (κ3) is 3.15. The van der Waals surface area contributed by atoms with Gasteiger partial charge in [-0.1, -0.05) is 17.7 Å². The first-order valence-corrected chi connectivity index (χ1v) is 8.29. The topological polar surface area (TPSA) is 83.6 Å². The monoisotopic (exact) mass is 318 g/mol. The molecule has 0 aliphatic heterocycles. The second-order valence-corrected chi connectivity index (χ2v) is 7.67. The molecule has 2 rings (SSSR count). The molecule has 0 bridgehead atoms. The van der Waals surface area contributed by atoms with E-state index in [2.05, 4.69) is 0 Å². The number of aliphatic hydroxyl groups excluding tert-OH is 1. The standard InChI is InChI=1S/C13H19ClN2O3S/c1-16(8-10-4-11(17)5-10)20(18,19)13-3-2-9(7-15)6-12(13)14/h2-3,6,10-11,17H,4-5,7-8,15H2,1H3. The van der Waals surface area contributed by atoms with Crippen molar-refractivity contribution < 1.29 is 13.5 Å². The number of hydrogen-bond acceptors (Lipinski definition) is 4. The summed E-state index contributed by atoms with van der Waals surface area (Å²) in [5.74, 6) is 0.215. The van der Waals surface area contributed by atoms with E-state index in [0.717, 1.165) is 5.56 Å². The van der Waals surface area contributed by atoms with Gasteiger partial charge < -0.3 is 10.8 Å². The van der Waals surface area contributed by atoms with Gasteiger partial charge in [0.1, 0.15) is 4.90 Å². The van der Waals surface area contributed by atoms with Gasteiger partial charge in [-0.25, -0.2) is 12.7 Å². The van der Waals surface area contributed by atoms with E-state index in [9.17, 15) is 13.5 Å². The Bertz CT molecular complexity index is 585.